The summed E-state index contributed by atoms with van der Waals surface area (Å²) in [5.74, 6) is 1.85. The van der Waals surface area contributed by atoms with Gasteiger partial charge in [0, 0.05) is 11.7 Å². The Morgan fingerprint density at radius 3 is 2.70 bits per heavy atom. The van der Waals surface area contributed by atoms with E-state index < -0.39 is 0 Å². The van der Waals surface area contributed by atoms with Gasteiger partial charge in [0.05, 0.1) is 6.61 Å². The predicted molar refractivity (Wildman–Crippen MR) is 83.4 cm³/mol. The molecule has 1 saturated carbocycles. The minimum atomic E-state index is 0.714. The summed E-state index contributed by atoms with van der Waals surface area (Å²) in [7, 11) is 0. The Labute approximate surface area is 122 Å². The van der Waals surface area contributed by atoms with Gasteiger partial charge in [0.2, 0.25) is 0 Å². The lowest BCUT2D eigenvalue weighted by atomic mass is 9.95. The fourth-order valence-electron chi connectivity index (χ4n) is 2.84. The lowest BCUT2D eigenvalue weighted by Gasteiger charge is -2.22. The standard InChI is InChI=1S/C17H26N2O/c1-3-14(13-18-11-1)4-2-12-20-17-9-7-16(8-10-17)19-15-5-6-15/h7-10,14-15,18-19H,1-6,11-13H2. The minimum absolute atomic E-state index is 0.714. The Kier molecular flexibility index (Phi) is 4.80. The first-order valence-corrected chi connectivity index (χ1v) is 8.10. The highest BCUT2D eigenvalue weighted by molar-refractivity contribution is 5.47. The number of benzene rings is 1. The van der Waals surface area contributed by atoms with E-state index in [2.05, 4.69) is 34.9 Å². The van der Waals surface area contributed by atoms with Crippen molar-refractivity contribution in [3.05, 3.63) is 24.3 Å². The Hall–Kier alpha value is -1.22. The van der Waals surface area contributed by atoms with Gasteiger partial charge in [0.25, 0.3) is 0 Å². The molecule has 1 unspecified atom stereocenters. The van der Waals surface area contributed by atoms with Gasteiger partial charge in [-0.1, -0.05) is 0 Å². The molecule has 3 rings (SSSR count). The predicted octanol–water partition coefficient (Wildman–Crippen LogP) is 3.42. The molecule has 2 fully saturated rings. The molecule has 1 aromatic carbocycles. The molecule has 3 heteroatoms. The number of anilines is 1. The van der Waals surface area contributed by atoms with Gasteiger partial charge >= 0.3 is 0 Å². The van der Waals surface area contributed by atoms with Crippen molar-refractivity contribution in [3.8, 4) is 5.75 Å². The van der Waals surface area contributed by atoms with Crippen LogP contribution in [-0.2, 0) is 0 Å². The fraction of sp³-hybridized carbons (Fsp3) is 0.647. The van der Waals surface area contributed by atoms with Crippen LogP contribution >= 0.6 is 0 Å². The highest BCUT2D eigenvalue weighted by Gasteiger charge is 2.20. The van der Waals surface area contributed by atoms with E-state index >= 15 is 0 Å². The molecule has 0 bridgehead atoms. The summed E-state index contributed by atoms with van der Waals surface area (Å²) >= 11 is 0. The van der Waals surface area contributed by atoms with Gasteiger partial charge in [-0.25, -0.2) is 0 Å². The molecule has 1 atom stereocenters. The topological polar surface area (TPSA) is 33.3 Å². The van der Waals surface area contributed by atoms with Crippen molar-refractivity contribution in [2.75, 3.05) is 25.0 Å². The molecule has 2 N–H and O–H groups in total. The van der Waals surface area contributed by atoms with Crippen LogP contribution in [0.5, 0.6) is 5.75 Å². The Morgan fingerprint density at radius 1 is 1.15 bits per heavy atom. The van der Waals surface area contributed by atoms with Crippen molar-refractivity contribution >= 4 is 5.69 Å². The molecule has 0 amide bonds. The summed E-state index contributed by atoms with van der Waals surface area (Å²) in [4.78, 5) is 0. The molecule has 20 heavy (non-hydrogen) atoms. The Morgan fingerprint density at radius 2 is 2.00 bits per heavy atom. The maximum Gasteiger partial charge on any atom is 0.119 e. The van der Waals surface area contributed by atoms with Gasteiger partial charge in [-0.2, -0.15) is 0 Å². The van der Waals surface area contributed by atoms with Crippen LogP contribution < -0.4 is 15.4 Å². The number of piperidine rings is 1. The highest BCUT2D eigenvalue weighted by atomic mass is 16.5. The van der Waals surface area contributed by atoms with Crippen LogP contribution in [0.4, 0.5) is 5.69 Å². The second-order valence-electron chi connectivity index (χ2n) is 6.15. The summed E-state index contributed by atoms with van der Waals surface area (Å²) in [6.45, 7) is 3.24. The number of nitrogens with one attached hydrogen (secondary N) is 2. The zero-order chi connectivity index (χ0) is 13.6. The molecule has 3 nitrogen and oxygen atoms in total. The van der Waals surface area contributed by atoms with E-state index in [1.807, 2.05) is 0 Å². The SMILES string of the molecule is c1cc(OCCCC2CCCNC2)ccc1NC1CC1. The number of hydrogen-bond donors (Lipinski definition) is 2. The van der Waals surface area contributed by atoms with Crippen molar-refractivity contribution in [1.82, 2.24) is 5.32 Å². The smallest absolute Gasteiger partial charge is 0.119 e. The Balaban J connectivity index is 1.33. The van der Waals surface area contributed by atoms with Crippen LogP contribution in [0.15, 0.2) is 24.3 Å². The zero-order valence-electron chi connectivity index (χ0n) is 12.2. The van der Waals surface area contributed by atoms with E-state index in [0.29, 0.717) is 6.04 Å². The summed E-state index contributed by atoms with van der Waals surface area (Å²) in [6, 6.07) is 9.11. The van der Waals surface area contributed by atoms with E-state index in [9.17, 15) is 0 Å². The average Bonchev–Trinajstić information content (AvgIpc) is 3.30. The minimum Gasteiger partial charge on any atom is -0.494 e. The van der Waals surface area contributed by atoms with Crippen LogP contribution in [0.25, 0.3) is 0 Å². The molecule has 0 radical (unpaired) electrons. The van der Waals surface area contributed by atoms with Gasteiger partial charge < -0.3 is 15.4 Å². The fourth-order valence-corrected chi connectivity index (χ4v) is 2.84. The largest absolute Gasteiger partial charge is 0.494 e. The van der Waals surface area contributed by atoms with Crippen LogP contribution in [0.3, 0.4) is 0 Å². The van der Waals surface area contributed by atoms with E-state index in [0.717, 1.165) is 24.7 Å². The van der Waals surface area contributed by atoms with Crippen molar-refractivity contribution in [2.24, 2.45) is 5.92 Å². The van der Waals surface area contributed by atoms with Crippen LogP contribution in [-0.4, -0.2) is 25.7 Å². The van der Waals surface area contributed by atoms with E-state index in [1.54, 1.807) is 0 Å². The second-order valence-corrected chi connectivity index (χ2v) is 6.15. The molecule has 1 heterocycles. The third-order valence-corrected chi connectivity index (χ3v) is 4.23. The van der Waals surface area contributed by atoms with Gasteiger partial charge in [0.15, 0.2) is 0 Å². The van der Waals surface area contributed by atoms with Crippen LogP contribution in [0.1, 0.15) is 38.5 Å². The first-order chi connectivity index (χ1) is 9.90. The van der Waals surface area contributed by atoms with Gasteiger partial charge in [0.1, 0.15) is 5.75 Å². The summed E-state index contributed by atoms with van der Waals surface area (Å²) in [6.07, 6.45) is 7.79. The molecule has 1 aromatic rings. The Bertz CT molecular complexity index is 394. The quantitative estimate of drug-likeness (QED) is 0.747. The zero-order valence-corrected chi connectivity index (χ0v) is 12.2. The summed E-state index contributed by atoms with van der Waals surface area (Å²) < 4.78 is 5.82. The maximum atomic E-state index is 5.82. The molecule has 0 spiro atoms. The van der Waals surface area contributed by atoms with Crippen molar-refractivity contribution in [1.29, 1.82) is 0 Å². The monoisotopic (exact) mass is 274 g/mol. The third-order valence-electron chi connectivity index (χ3n) is 4.23. The molecule has 0 aromatic heterocycles. The normalized spacial score (nSPS) is 22.5. The maximum absolute atomic E-state index is 5.82. The molecule has 1 aliphatic carbocycles. The summed E-state index contributed by atoms with van der Waals surface area (Å²) in [5.41, 5.74) is 1.22. The van der Waals surface area contributed by atoms with Gasteiger partial charge in [-0.15, -0.1) is 0 Å². The van der Waals surface area contributed by atoms with Crippen LogP contribution in [0, 0.1) is 5.92 Å². The molecule has 110 valence electrons. The lowest BCUT2D eigenvalue weighted by molar-refractivity contribution is 0.275. The molecular formula is C17H26N2O. The average molecular weight is 274 g/mol. The van der Waals surface area contributed by atoms with Gasteiger partial charge in [-0.3, -0.25) is 0 Å². The molecule has 1 aliphatic heterocycles. The van der Waals surface area contributed by atoms with Crippen molar-refractivity contribution in [2.45, 2.75) is 44.6 Å². The number of ether oxygens (including phenoxy) is 1. The molecule has 1 saturated heterocycles. The van der Waals surface area contributed by atoms with E-state index in [1.165, 1.54) is 50.9 Å². The van der Waals surface area contributed by atoms with Crippen LogP contribution in [0.2, 0.25) is 0 Å². The first kappa shape index (κ1) is 13.7. The highest BCUT2D eigenvalue weighted by Crippen LogP contribution is 2.25. The van der Waals surface area contributed by atoms with E-state index in [4.69, 9.17) is 4.74 Å². The molecule has 2 aliphatic rings. The second kappa shape index (κ2) is 6.98. The van der Waals surface area contributed by atoms with Gasteiger partial charge in [-0.05, 0) is 81.8 Å². The molecular weight excluding hydrogens is 248 g/mol. The third kappa shape index (κ3) is 4.41. The first-order valence-electron chi connectivity index (χ1n) is 8.10. The lowest BCUT2D eigenvalue weighted by Crippen LogP contribution is -2.29. The number of rotatable bonds is 7. The number of hydrogen-bond acceptors (Lipinski definition) is 3. The van der Waals surface area contributed by atoms with E-state index in [-0.39, 0.29) is 0 Å². The van der Waals surface area contributed by atoms with Crippen molar-refractivity contribution in [3.63, 3.8) is 0 Å². The van der Waals surface area contributed by atoms with Crippen molar-refractivity contribution < 1.29 is 4.74 Å². The summed E-state index contributed by atoms with van der Waals surface area (Å²) in [5, 5.41) is 6.96.